The summed E-state index contributed by atoms with van der Waals surface area (Å²) >= 11 is 0. The molecular weight excluding hydrogens is 308 g/mol. The van der Waals surface area contributed by atoms with Gasteiger partial charge in [-0.2, -0.15) is 0 Å². The van der Waals surface area contributed by atoms with Gasteiger partial charge in [0.25, 0.3) is 11.8 Å². The van der Waals surface area contributed by atoms with Gasteiger partial charge in [-0.3, -0.25) is 19.3 Å². The molecule has 0 saturated carbocycles. The molecule has 1 aliphatic heterocycles. The van der Waals surface area contributed by atoms with Gasteiger partial charge in [0.2, 0.25) is 0 Å². The molecule has 1 aromatic carbocycles. The SMILES string of the molecule is CC(C)C(=O)OCc1ccc(NCCCN2C(=O)C=CC2=O)cc1. The minimum atomic E-state index is -0.250. The maximum absolute atomic E-state index is 11.4. The highest BCUT2D eigenvalue weighted by atomic mass is 16.5. The lowest BCUT2D eigenvalue weighted by atomic mass is 10.2. The Bertz CT molecular complexity index is 617. The van der Waals surface area contributed by atoms with Crippen LogP contribution in [0.25, 0.3) is 0 Å². The Labute approximate surface area is 141 Å². The number of carbonyl (C=O) groups is 3. The topological polar surface area (TPSA) is 75.7 Å². The standard InChI is InChI=1S/C18H22N2O4/c1-13(2)18(23)24-12-14-4-6-15(7-5-14)19-10-3-11-20-16(21)8-9-17(20)22/h4-9,13,19H,3,10-12H2,1-2H3. The van der Waals surface area contributed by atoms with Gasteiger partial charge >= 0.3 is 5.97 Å². The third kappa shape index (κ3) is 4.94. The van der Waals surface area contributed by atoms with Crippen LogP contribution < -0.4 is 5.32 Å². The fourth-order valence-corrected chi connectivity index (χ4v) is 2.16. The highest BCUT2D eigenvalue weighted by molar-refractivity contribution is 6.12. The molecule has 0 bridgehead atoms. The number of amides is 2. The van der Waals surface area contributed by atoms with Crippen molar-refractivity contribution >= 4 is 23.5 Å². The quantitative estimate of drug-likeness (QED) is 0.449. The van der Waals surface area contributed by atoms with E-state index in [0.717, 1.165) is 11.3 Å². The van der Waals surface area contributed by atoms with Crippen LogP contribution in [0.4, 0.5) is 5.69 Å². The predicted molar refractivity (Wildman–Crippen MR) is 90.0 cm³/mol. The lowest BCUT2D eigenvalue weighted by molar-refractivity contribution is -0.148. The number of anilines is 1. The van der Waals surface area contributed by atoms with Gasteiger partial charge in [0.05, 0.1) is 5.92 Å². The predicted octanol–water partition coefficient (Wildman–Crippen LogP) is 2.11. The molecule has 6 heteroatoms. The summed E-state index contributed by atoms with van der Waals surface area (Å²) < 4.78 is 5.17. The first kappa shape index (κ1) is 17.7. The van der Waals surface area contributed by atoms with E-state index in [9.17, 15) is 14.4 Å². The molecule has 0 radical (unpaired) electrons. The second-order valence-corrected chi connectivity index (χ2v) is 5.90. The van der Waals surface area contributed by atoms with Crippen molar-refractivity contribution in [3.63, 3.8) is 0 Å². The maximum atomic E-state index is 11.4. The second kappa shape index (κ2) is 8.29. The zero-order chi connectivity index (χ0) is 17.5. The summed E-state index contributed by atoms with van der Waals surface area (Å²) in [7, 11) is 0. The highest BCUT2D eigenvalue weighted by Gasteiger charge is 2.22. The number of benzene rings is 1. The average molecular weight is 330 g/mol. The summed E-state index contributed by atoms with van der Waals surface area (Å²) in [5.41, 5.74) is 1.86. The molecule has 2 amide bonds. The Morgan fingerprint density at radius 2 is 1.75 bits per heavy atom. The smallest absolute Gasteiger partial charge is 0.308 e. The largest absolute Gasteiger partial charge is 0.461 e. The fraction of sp³-hybridized carbons (Fsp3) is 0.389. The zero-order valence-corrected chi connectivity index (χ0v) is 14.0. The number of esters is 1. The Kier molecular flexibility index (Phi) is 6.12. The van der Waals surface area contributed by atoms with Crippen LogP contribution >= 0.6 is 0 Å². The number of ether oxygens (including phenoxy) is 1. The lowest BCUT2D eigenvalue weighted by Crippen LogP contribution is -2.31. The summed E-state index contributed by atoms with van der Waals surface area (Å²) in [5.74, 6) is -0.839. The minimum absolute atomic E-state index is 0.129. The second-order valence-electron chi connectivity index (χ2n) is 5.90. The summed E-state index contributed by atoms with van der Waals surface area (Å²) in [5, 5.41) is 3.23. The van der Waals surface area contributed by atoms with E-state index in [-0.39, 0.29) is 30.3 Å². The molecule has 128 valence electrons. The van der Waals surface area contributed by atoms with E-state index in [4.69, 9.17) is 4.74 Å². The number of carbonyl (C=O) groups excluding carboxylic acids is 3. The van der Waals surface area contributed by atoms with E-state index in [2.05, 4.69) is 5.32 Å². The van der Waals surface area contributed by atoms with Crippen molar-refractivity contribution in [1.82, 2.24) is 4.90 Å². The van der Waals surface area contributed by atoms with Gasteiger partial charge in [-0.1, -0.05) is 26.0 Å². The third-order valence-corrected chi connectivity index (χ3v) is 3.59. The molecule has 6 nitrogen and oxygen atoms in total. The van der Waals surface area contributed by atoms with Crippen LogP contribution in [-0.4, -0.2) is 35.8 Å². The average Bonchev–Trinajstić information content (AvgIpc) is 2.89. The van der Waals surface area contributed by atoms with Crippen molar-refractivity contribution in [2.75, 3.05) is 18.4 Å². The molecule has 1 aliphatic rings. The maximum Gasteiger partial charge on any atom is 0.308 e. The lowest BCUT2D eigenvalue weighted by Gasteiger charge is -2.14. The molecule has 1 N–H and O–H groups in total. The highest BCUT2D eigenvalue weighted by Crippen LogP contribution is 2.12. The van der Waals surface area contributed by atoms with Crippen LogP contribution in [0.2, 0.25) is 0 Å². The van der Waals surface area contributed by atoms with Crippen molar-refractivity contribution < 1.29 is 19.1 Å². The van der Waals surface area contributed by atoms with Crippen LogP contribution in [0.15, 0.2) is 36.4 Å². The van der Waals surface area contributed by atoms with E-state index in [0.29, 0.717) is 19.5 Å². The Morgan fingerprint density at radius 3 is 2.33 bits per heavy atom. The molecule has 2 rings (SSSR count). The summed E-state index contributed by atoms with van der Waals surface area (Å²) in [6, 6.07) is 7.61. The Hall–Kier alpha value is -2.63. The van der Waals surface area contributed by atoms with Crippen LogP contribution in [0.3, 0.4) is 0 Å². The number of nitrogens with one attached hydrogen (secondary N) is 1. The Balaban J connectivity index is 1.69. The number of hydrogen-bond acceptors (Lipinski definition) is 5. The van der Waals surface area contributed by atoms with Gasteiger partial charge in [0, 0.05) is 30.9 Å². The van der Waals surface area contributed by atoms with Crippen molar-refractivity contribution in [2.45, 2.75) is 26.9 Å². The number of hydrogen-bond donors (Lipinski definition) is 1. The molecule has 0 spiro atoms. The minimum Gasteiger partial charge on any atom is -0.461 e. The molecule has 0 unspecified atom stereocenters. The van der Waals surface area contributed by atoms with Gasteiger partial charge in [0.1, 0.15) is 6.61 Å². The molecular formula is C18H22N2O4. The van der Waals surface area contributed by atoms with E-state index in [1.807, 2.05) is 24.3 Å². The van der Waals surface area contributed by atoms with Crippen molar-refractivity contribution in [3.8, 4) is 0 Å². The normalized spacial score (nSPS) is 13.7. The molecule has 0 saturated heterocycles. The van der Waals surface area contributed by atoms with E-state index in [1.165, 1.54) is 17.1 Å². The fourth-order valence-electron chi connectivity index (χ4n) is 2.16. The van der Waals surface area contributed by atoms with E-state index in [1.54, 1.807) is 13.8 Å². The van der Waals surface area contributed by atoms with Crippen LogP contribution in [0.5, 0.6) is 0 Å². The van der Waals surface area contributed by atoms with Crippen molar-refractivity contribution in [3.05, 3.63) is 42.0 Å². The Morgan fingerprint density at radius 1 is 1.12 bits per heavy atom. The van der Waals surface area contributed by atoms with Crippen LogP contribution in [-0.2, 0) is 25.7 Å². The van der Waals surface area contributed by atoms with Gasteiger partial charge in [-0.25, -0.2) is 0 Å². The first-order valence-corrected chi connectivity index (χ1v) is 8.00. The molecule has 0 fully saturated rings. The molecule has 0 aliphatic carbocycles. The van der Waals surface area contributed by atoms with Crippen molar-refractivity contribution in [1.29, 1.82) is 0 Å². The molecule has 1 aromatic rings. The summed E-state index contributed by atoms with van der Waals surface area (Å²) in [6.45, 7) is 4.92. The molecule has 0 atom stereocenters. The molecule has 24 heavy (non-hydrogen) atoms. The number of nitrogens with zero attached hydrogens (tertiary/aromatic N) is 1. The number of imide groups is 1. The number of rotatable bonds is 8. The first-order valence-electron chi connectivity index (χ1n) is 8.00. The molecule has 0 aromatic heterocycles. The van der Waals surface area contributed by atoms with Gasteiger partial charge in [-0.05, 0) is 24.1 Å². The van der Waals surface area contributed by atoms with Gasteiger partial charge < -0.3 is 10.1 Å². The van der Waals surface area contributed by atoms with Crippen LogP contribution in [0.1, 0.15) is 25.8 Å². The summed E-state index contributed by atoms with van der Waals surface area (Å²) in [4.78, 5) is 35.5. The third-order valence-electron chi connectivity index (χ3n) is 3.59. The van der Waals surface area contributed by atoms with Gasteiger partial charge in [0.15, 0.2) is 0 Å². The van der Waals surface area contributed by atoms with Crippen molar-refractivity contribution in [2.24, 2.45) is 5.92 Å². The van der Waals surface area contributed by atoms with Gasteiger partial charge in [-0.15, -0.1) is 0 Å². The zero-order valence-electron chi connectivity index (χ0n) is 14.0. The van der Waals surface area contributed by atoms with Crippen LogP contribution in [0, 0.1) is 5.92 Å². The summed E-state index contributed by atoms with van der Waals surface area (Å²) in [6.07, 6.45) is 3.26. The van der Waals surface area contributed by atoms with E-state index >= 15 is 0 Å². The van der Waals surface area contributed by atoms with E-state index < -0.39 is 0 Å². The molecule has 1 heterocycles. The monoisotopic (exact) mass is 330 g/mol. The first-order chi connectivity index (χ1) is 11.5.